The smallest absolute Gasteiger partial charge is 0.279 e. The highest BCUT2D eigenvalue weighted by Gasteiger charge is 2.30. The lowest BCUT2D eigenvalue weighted by molar-refractivity contribution is 0.0734. The van der Waals surface area contributed by atoms with Crippen molar-refractivity contribution in [1.82, 2.24) is 24.8 Å². The van der Waals surface area contributed by atoms with Gasteiger partial charge in [0.25, 0.3) is 11.8 Å². The first-order valence-electron chi connectivity index (χ1n) is 9.06. The number of thiophene rings is 1. The summed E-state index contributed by atoms with van der Waals surface area (Å²) in [4.78, 5) is 19.0. The largest absolute Gasteiger partial charge is 0.334 e. The van der Waals surface area contributed by atoms with Crippen molar-refractivity contribution >= 4 is 17.2 Å². The standard InChI is InChI=1S/C20H16FN5O2S/c1-25-16-5-7-26(20(27)13-6-8-29-11-13)10-15(16)17(23-25)19-22-18(24-28-19)12-3-2-4-14(21)9-12/h2-4,6,8-9,11H,5,7,10H2,1H3. The van der Waals surface area contributed by atoms with Gasteiger partial charge in [0.15, 0.2) is 5.69 Å². The van der Waals surface area contributed by atoms with Crippen LogP contribution in [0.3, 0.4) is 0 Å². The van der Waals surface area contributed by atoms with Crippen molar-refractivity contribution in [3.8, 4) is 23.0 Å². The van der Waals surface area contributed by atoms with Crippen LogP contribution in [0, 0.1) is 5.82 Å². The molecule has 146 valence electrons. The minimum Gasteiger partial charge on any atom is -0.334 e. The Morgan fingerprint density at radius 2 is 2.21 bits per heavy atom. The van der Waals surface area contributed by atoms with Crippen LogP contribution >= 0.6 is 11.3 Å². The van der Waals surface area contributed by atoms with Crippen LogP contribution in [0.4, 0.5) is 4.39 Å². The number of aromatic nitrogens is 4. The predicted molar refractivity (Wildman–Crippen MR) is 105 cm³/mol. The molecule has 0 spiro atoms. The lowest BCUT2D eigenvalue weighted by Crippen LogP contribution is -2.36. The Hall–Kier alpha value is -3.33. The summed E-state index contributed by atoms with van der Waals surface area (Å²) in [6.07, 6.45) is 0.694. The average Bonchev–Trinajstić information content (AvgIpc) is 3.48. The van der Waals surface area contributed by atoms with E-state index in [-0.39, 0.29) is 17.6 Å². The molecule has 0 unspecified atom stereocenters. The monoisotopic (exact) mass is 409 g/mol. The van der Waals surface area contributed by atoms with Crippen LogP contribution in [0.2, 0.25) is 0 Å². The van der Waals surface area contributed by atoms with E-state index < -0.39 is 0 Å². The van der Waals surface area contributed by atoms with Crippen LogP contribution in [-0.4, -0.2) is 37.3 Å². The van der Waals surface area contributed by atoms with Crippen molar-refractivity contribution in [2.24, 2.45) is 7.05 Å². The van der Waals surface area contributed by atoms with Crippen LogP contribution in [-0.2, 0) is 20.0 Å². The van der Waals surface area contributed by atoms with Gasteiger partial charge in [-0.15, -0.1) is 0 Å². The highest BCUT2D eigenvalue weighted by molar-refractivity contribution is 7.08. The van der Waals surface area contributed by atoms with Gasteiger partial charge in [0.1, 0.15) is 5.82 Å². The number of nitrogens with zero attached hydrogens (tertiary/aromatic N) is 5. The molecule has 0 fully saturated rings. The second-order valence-electron chi connectivity index (χ2n) is 6.82. The molecule has 0 bridgehead atoms. The van der Waals surface area contributed by atoms with Gasteiger partial charge in [0.2, 0.25) is 5.82 Å². The van der Waals surface area contributed by atoms with Crippen LogP contribution in [0.5, 0.6) is 0 Å². The molecule has 0 N–H and O–H groups in total. The lowest BCUT2D eigenvalue weighted by atomic mass is 10.0. The molecule has 0 atom stereocenters. The third-order valence-electron chi connectivity index (χ3n) is 5.01. The third-order valence-corrected chi connectivity index (χ3v) is 5.69. The van der Waals surface area contributed by atoms with Gasteiger partial charge in [0, 0.05) is 42.2 Å². The minimum absolute atomic E-state index is 0.00215. The molecule has 1 aromatic carbocycles. The molecule has 5 rings (SSSR count). The Bertz CT molecular complexity index is 1200. The Morgan fingerprint density at radius 3 is 3.00 bits per heavy atom. The summed E-state index contributed by atoms with van der Waals surface area (Å²) >= 11 is 1.50. The summed E-state index contributed by atoms with van der Waals surface area (Å²) in [5.41, 5.74) is 3.71. The number of rotatable bonds is 3. The van der Waals surface area contributed by atoms with Crippen molar-refractivity contribution < 1.29 is 13.7 Å². The second kappa shape index (κ2) is 6.93. The SMILES string of the molecule is Cn1nc(-c2nc(-c3cccc(F)c3)no2)c2c1CCN(C(=O)c1ccsc1)C2. The fourth-order valence-electron chi connectivity index (χ4n) is 3.57. The first kappa shape index (κ1) is 17.7. The summed E-state index contributed by atoms with van der Waals surface area (Å²) in [5.74, 6) is 0.177. The van der Waals surface area contributed by atoms with Gasteiger partial charge in [0.05, 0.1) is 12.1 Å². The molecule has 1 aliphatic heterocycles. The maximum Gasteiger partial charge on any atom is 0.279 e. The lowest BCUT2D eigenvalue weighted by Gasteiger charge is -2.27. The topological polar surface area (TPSA) is 77.1 Å². The zero-order valence-corrected chi connectivity index (χ0v) is 16.3. The van der Waals surface area contributed by atoms with Crippen LogP contribution in [0.15, 0.2) is 45.6 Å². The van der Waals surface area contributed by atoms with Crippen molar-refractivity contribution in [3.05, 3.63) is 63.7 Å². The van der Waals surface area contributed by atoms with E-state index in [4.69, 9.17) is 4.52 Å². The highest BCUT2D eigenvalue weighted by Crippen LogP contribution is 2.31. The van der Waals surface area contributed by atoms with E-state index in [9.17, 15) is 9.18 Å². The van der Waals surface area contributed by atoms with Gasteiger partial charge in [-0.3, -0.25) is 9.48 Å². The Labute approximate surface area is 169 Å². The normalized spacial score (nSPS) is 13.5. The van der Waals surface area contributed by atoms with E-state index in [2.05, 4.69) is 15.2 Å². The van der Waals surface area contributed by atoms with E-state index >= 15 is 0 Å². The Kier molecular flexibility index (Phi) is 4.24. The summed E-state index contributed by atoms with van der Waals surface area (Å²) in [7, 11) is 1.86. The quantitative estimate of drug-likeness (QED) is 0.517. The van der Waals surface area contributed by atoms with Crippen molar-refractivity contribution in [2.45, 2.75) is 13.0 Å². The molecule has 3 aromatic heterocycles. The molecule has 1 aliphatic rings. The highest BCUT2D eigenvalue weighted by atomic mass is 32.1. The number of fused-ring (bicyclic) bond motifs is 1. The summed E-state index contributed by atoms with van der Waals surface area (Å²) in [6, 6.07) is 7.85. The predicted octanol–water partition coefficient (Wildman–Crippen LogP) is 3.54. The fourth-order valence-corrected chi connectivity index (χ4v) is 4.20. The zero-order valence-electron chi connectivity index (χ0n) is 15.5. The number of benzene rings is 1. The van der Waals surface area contributed by atoms with Gasteiger partial charge in [-0.2, -0.15) is 21.4 Å². The van der Waals surface area contributed by atoms with Gasteiger partial charge < -0.3 is 9.42 Å². The van der Waals surface area contributed by atoms with E-state index in [1.54, 1.807) is 21.7 Å². The van der Waals surface area contributed by atoms with Crippen LogP contribution in [0.1, 0.15) is 21.6 Å². The molecule has 0 radical (unpaired) electrons. The van der Waals surface area contributed by atoms with E-state index in [0.29, 0.717) is 42.2 Å². The van der Waals surface area contributed by atoms with E-state index in [1.165, 1.54) is 23.5 Å². The number of carbonyl (C=O) groups excluding carboxylic acids is 1. The maximum atomic E-state index is 13.5. The minimum atomic E-state index is -0.369. The first-order valence-corrected chi connectivity index (χ1v) is 10.0. The van der Waals surface area contributed by atoms with Gasteiger partial charge in [-0.05, 0) is 23.6 Å². The Balaban J connectivity index is 1.48. The van der Waals surface area contributed by atoms with Gasteiger partial charge in [-0.1, -0.05) is 17.3 Å². The molecular weight excluding hydrogens is 393 g/mol. The molecule has 29 heavy (non-hydrogen) atoms. The van der Waals surface area contributed by atoms with Crippen molar-refractivity contribution in [3.63, 3.8) is 0 Å². The third kappa shape index (κ3) is 3.13. The molecule has 4 heterocycles. The van der Waals surface area contributed by atoms with Crippen molar-refractivity contribution in [2.75, 3.05) is 6.54 Å². The summed E-state index contributed by atoms with van der Waals surface area (Å²) < 4.78 is 20.7. The number of halogens is 1. The van der Waals surface area contributed by atoms with E-state index in [1.807, 2.05) is 23.9 Å². The number of hydrogen-bond donors (Lipinski definition) is 0. The molecule has 9 heteroatoms. The summed E-state index contributed by atoms with van der Waals surface area (Å²) in [6.45, 7) is 1.05. The zero-order chi connectivity index (χ0) is 20.0. The average molecular weight is 409 g/mol. The first-order chi connectivity index (χ1) is 14.1. The second-order valence-corrected chi connectivity index (χ2v) is 7.60. The Morgan fingerprint density at radius 1 is 1.31 bits per heavy atom. The number of hydrogen-bond acceptors (Lipinski definition) is 6. The molecule has 0 saturated carbocycles. The van der Waals surface area contributed by atoms with Crippen LogP contribution < -0.4 is 0 Å². The van der Waals surface area contributed by atoms with Gasteiger partial charge in [-0.25, -0.2) is 4.39 Å². The molecule has 7 nitrogen and oxygen atoms in total. The fraction of sp³-hybridized carbons (Fsp3) is 0.200. The van der Waals surface area contributed by atoms with E-state index in [0.717, 1.165) is 11.3 Å². The number of aryl methyl sites for hydroxylation is 1. The van der Waals surface area contributed by atoms with Crippen molar-refractivity contribution in [1.29, 1.82) is 0 Å². The number of amides is 1. The van der Waals surface area contributed by atoms with Gasteiger partial charge >= 0.3 is 0 Å². The van der Waals surface area contributed by atoms with Crippen LogP contribution in [0.25, 0.3) is 23.0 Å². The molecule has 4 aromatic rings. The molecule has 0 saturated heterocycles. The summed E-state index contributed by atoms with van der Waals surface area (Å²) in [5, 5.41) is 12.3. The molecule has 0 aliphatic carbocycles. The molecular formula is C20H16FN5O2S. The molecule has 1 amide bonds. The maximum absolute atomic E-state index is 13.5. The number of carbonyl (C=O) groups is 1.